The van der Waals surface area contributed by atoms with Gasteiger partial charge >= 0.3 is 0 Å². The van der Waals surface area contributed by atoms with Gasteiger partial charge < -0.3 is 10.1 Å². The Labute approximate surface area is 104 Å². The Hall–Kier alpha value is -0.940. The van der Waals surface area contributed by atoms with Crippen LogP contribution in [-0.2, 0) is 17.8 Å². The number of nitrogens with zero attached hydrogens (tertiary/aromatic N) is 3. The standard InChI is InChI=1S/C12H24N4O/c1-3-4-5-6-8-16-12(14-11-15-16)10-13-7-9-17-2/h11,13H,3-10H2,1-2H3. The van der Waals surface area contributed by atoms with Crippen LogP contribution in [-0.4, -0.2) is 35.0 Å². The number of hydrogen-bond donors (Lipinski definition) is 1. The Morgan fingerprint density at radius 1 is 1.35 bits per heavy atom. The van der Waals surface area contributed by atoms with Crippen molar-refractivity contribution in [2.45, 2.75) is 45.7 Å². The van der Waals surface area contributed by atoms with Gasteiger partial charge in [-0.05, 0) is 6.42 Å². The molecule has 0 aliphatic rings. The number of ether oxygens (including phenoxy) is 1. The van der Waals surface area contributed by atoms with Crippen molar-refractivity contribution in [3.63, 3.8) is 0 Å². The first-order chi connectivity index (χ1) is 8.38. The van der Waals surface area contributed by atoms with E-state index in [-0.39, 0.29) is 0 Å². The molecule has 0 aliphatic carbocycles. The first-order valence-corrected chi connectivity index (χ1v) is 6.44. The molecule has 0 aliphatic heterocycles. The highest BCUT2D eigenvalue weighted by molar-refractivity contribution is 4.83. The summed E-state index contributed by atoms with van der Waals surface area (Å²) in [6.07, 6.45) is 6.65. The molecular formula is C12H24N4O. The fraction of sp³-hybridized carbons (Fsp3) is 0.833. The van der Waals surface area contributed by atoms with Crippen molar-refractivity contribution in [3.05, 3.63) is 12.2 Å². The summed E-state index contributed by atoms with van der Waals surface area (Å²) in [7, 11) is 1.71. The van der Waals surface area contributed by atoms with E-state index in [0.29, 0.717) is 0 Å². The van der Waals surface area contributed by atoms with Gasteiger partial charge in [0, 0.05) is 20.2 Å². The Morgan fingerprint density at radius 2 is 2.24 bits per heavy atom. The second-order valence-electron chi connectivity index (χ2n) is 4.13. The molecule has 1 heterocycles. The third-order valence-corrected chi connectivity index (χ3v) is 2.69. The number of nitrogens with one attached hydrogen (secondary N) is 1. The fourth-order valence-corrected chi connectivity index (χ4v) is 1.67. The predicted octanol–water partition coefficient (Wildman–Crippen LogP) is 1.59. The van der Waals surface area contributed by atoms with E-state index in [1.54, 1.807) is 13.4 Å². The molecule has 0 aromatic carbocycles. The van der Waals surface area contributed by atoms with Crippen LogP contribution >= 0.6 is 0 Å². The molecule has 1 aromatic heterocycles. The van der Waals surface area contributed by atoms with Crippen LogP contribution in [0.5, 0.6) is 0 Å². The van der Waals surface area contributed by atoms with Crippen molar-refractivity contribution < 1.29 is 4.74 Å². The van der Waals surface area contributed by atoms with Crippen molar-refractivity contribution in [3.8, 4) is 0 Å². The van der Waals surface area contributed by atoms with Crippen LogP contribution in [0.4, 0.5) is 0 Å². The molecule has 17 heavy (non-hydrogen) atoms. The van der Waals surface area contributed by atoms with Crippen molar-refractivity contribution in [2.75, 3.05) is 20.3 Å². The van der Waals surface area contributed by atoms with Gasteiger partial charge in [-0.2, -0.15) is 5.10 Å². The van der Waals surface area contributed by atoms with Crippen molar-refractivity contribution in [1.29, 1.82) is 0 Å². The van der Waals surface area contributed by atoms with Gasteiger partial charge in [0.2, 0.25) is 0 Å². The van der Waals surface area contributed by atoms with Gasteiger partial charge in [0.25, 0.3) is 0 Å². The van der Waals surface area contributed by atoms with Gasteiger partial charge in [0.1, 0.15) is 12.2 Å². The third-order valence-electron chi connectivity index (χ3n) is 2.69. The number of hydrogen-bond acceptors (Lipinski definition) is 4. The van der Waals surface area contributed by atoms with E-state index in [4.69, 9.17) is 4.74 Å². The molecule has 1 aromatic rings. The lowest BCUT2D eigenvalue weighted by Gasteiger charge is -2.06. The fourth-order valence-electron chi connectivity index (χ4n) is 1.67. The van der Waals surface area contributed by atoms with E-state index in [2.05, 4.69) is 22.3 Å². The maximum atomic E-state index is 4.98. The average molecular weight is 240 g/mol. The average Bonchev–Trinajstić information content (AvgIpc) is 2.78. The van der Waals surface area contributed by atoms with Crippen molar-refractivity contribution in [1.82, 2.24) is 20.1 Å². The molecule has 0 saturated heterocycles. The Bertz CT molecular complexity index is 261. The summed E-state index contributed by atoms with van der Waals surface area (Å²) < 4.78 is 6.97. The quantitative estimate of drug-likeness (QED) is 0.631. The van der Waals surface area contributed by atoms with E-state index in [0.717, 1.165) is 32.1 Å². The normalized spacial score (nSPS) is 10.9. The zero-order chi connectivity index (χ0) is 12.3. The van der Waals surface area contributed by atoms with Crippen LogP contribution in [0.2, 0.25) is 0 Å². The number of aryl methyl sites for hydroxylation is 1. The second-order valence-corrected chi connectivity index (χ2v) is 4.13. The molecule has 0 fully saturated rings. The second kappa shape index (κ2) is 9.13. The van der Waals surface area contributed by atoms with Crippen LogP contribution in [0.1, 0.15) is 38.4 Å². The number of rotatable bonds is 10. The zero-order valence-electron chi connectivity index (χ0n) is 11.0. The molecule has 0 bridgehead atoms. The molecule has 1 rings (SSSR count). The zero-order valence-corrected chi connectivity index (χ0v) is 11.0. The maximum Gasteiger partial charge on any atom is 0.140 e. The van der Waals surface area contributed by atoms with Gasteiger partial charge in [-0.3, -0.25) is 0 Å². The lowest BCUT2D eigenvalue weighted by molar-refractivity contribution is 0.198. The lowest BCUT2D eigenvalue weighted by atomic mass is 10.2. The van der Waals surface area contributed by atoms with Crippen molar-refractivity contribution in [2.24, 2.45) is 0 Å². The van der Waals surface area contributed by atoms with E-state index in [1.165, 1.54) is 25.7 Å². The highest BCUT2D eigenvalue weighted by Gasteiger charge is 2.02. The van der Waals surface area contributed by atoms with Gasteiger partial charge in [-0.15, -0.1) is 0 Å². The van der Waals surface area contributed by atoms with Crippen LogP contribution in [0, 0.1) is 0 Å². The lowest BCUT2D eigenvalue weighted by Crippen LogP contribution is -2.21. The largest absolute Gasteiger partial charge is 0.383 e. The maximum absolute atomic E-state index is 4.98. The third kappa shape index (κ3) is 5.79. The van der Waals surface area contributed by atoms with Gasteiger partial charge in [-0.1, -0.05) is 26.2 Å². The van der Waals surface area contributed by atoms with Gasteiger partial charge in [0.15, 0.2) is 0 Å². The first kappa shape index (κ1) is 14.1. The minimum Gasteiger partial charge on any atom is -0.383 e. The summed E-state index contributed by atoms with van der Waals surface area (Å²) in [6.45, 7) is 5.53. The minimum absolute atomic E-state index is 0.727. The summed E-state index contributed by atoms with van der Waals surface area (Å²) in [5.74, 6) is 1.01. The Balaban J connectivity index is 2.22. The molecule has 5 heteroatoms. The molecule has 5 nitrogen and oxygen atoms in total. The summed E-state index contributed by atoms with van der Waals surface area (Å²) in [5, 5.41) is 7.53. The van der Waals surface area contributed by atoms with Gasteiger partial charge in [-0.25, -0.2) is 9.67 Å². The van der Waals surface area contributed by atoms with E-state index >= 15 is 0 Å². The summed E-state index contributed by atoms with van der Waals surface area (Å²) in [5.41, 5.74) is 0. The van der Waals surface area contributed by atoms with Gasteiger partial charge in [0.05, 0.1) is 13.2 Å². The topological polar surface area (TPSA) is 52.0 Å². The highest BCUT2D eigenvalue weighted by atomic mass is 16.5. The van der Waals surface area contributed by atoms with E-state index in [9.17, 15) is 0 Å². The first-order valence-electron chi connectivity index (χ1n) is 6.44. The highest BCUT2D eigenvalue weighted by Crippen LogP contribution is 2.02. The predicted molar refractivity (Wildman–Crippen MR) is 67.7 cm³/mol. The van der Waals surface area contributed by atoms with Crippen molar-refractivity contribution >= 4 is 0 Å². The molecule has 1 N–H and O–H groups in total. The summed E-state index contributed by atoms with van der Waals surface area (Å²) in [6, 6.07) is 0. The number of unbranched alkanes of at least 4 members (excludes halogenated alkanes) is 3. The molecule has 0 saturated carbocycles. The monoisotopic (exact) mass is 240 g/mol. The van der Waals surface area contributed by atoms with Crippen LogP contribution in [0.25, 0.3) is 0 Å². The van der Waals surface area contributed by atoms with E-state index in [1.807, 2.05) is 4.68 Å². The van der Waals surface area contributed by atoms with Crippen LogP contribution in [0.15, 0.2) is 6.33 Å². The summed E-state index contributed by atoms with van der Waals surface area (Å²) in [4.78, 5) is 4.26. The molecule has 0 atom stereocenters. The Kier molecular flexibility index (Phi) is 7.58. The molecule has 0 amide bonds. The minimum atomic E-state index is 0.727. The smallest absolute Gasteiger partial charge is 0.140 e. The number of methoxy groups -OCH3 is 1. The van der Waals surface area contributed by atoms with Crippen LogP contribution in [0.3, 0.4) is 0 Å². The molecular weight excluding hydrogens is 216 g/mol. The molecule has 0 unspecified atom stereocenters. The summed E-state index contributed by atoms with van der Waals surface area (Å²) >= 11 is 0. The SMILES string of the molecule is CCCCCCn1ncnc1CNCCOC. The Morgan fingerprint density at radius 3 is 3.00 bits per heavy atom. The molecule has 98 valence electrons. The molecule has 0 spiro atoms. The number of aromatic nitrogens is 3. The van der Waals surface area contributed by atoms with Crippen LogP contribution < -0.4 is 5.32 Å². The van der Waals surface area contributed by atoms with E-state index < -0.39 is 0 Å². The molecule has 0 radical (unpaired) electrons.